The zero-order valence-electron chi connectivity index (χ0n) is 13.2. The maximum atomic E-state index is 12.3. The molecule has 0 aromatic heterocycles. The van der Waals surface area contributed by atoms with E-state index in [1.54, 1.807) is 23.1 Å². The fraction of sp³-hybridized carbons (Fsp3) is 0.500. The van der Waals surface area contributed by atoms with Gasteiger partial charge in [0.25, 0.3) is 0 Å². The van der Waals surface area contributed by atoms with Crippen molar-refractivity contribution in [2.75, 3.05) is 58.7 Å². The number of hydrogen-bond donors (Lipinski definition) is 1. The lowest BCUT2D eigenvalue weighted by Crippen LogP contribution is -2.51. The van der Waals surface area contributed by atoms with Crippen LogP contribution in [-0.4, -0.2) is 74.1 Å². The van der Waals surface area contributed by atoms with Gasteiger partial charge in [0.15, 0.2) is 0 Å². The fourth-order valence-electron chi connectivity index (χ4n) is 2.40. The number of nitrogens with zero attached hydrogens (tertiary/aromatic N) is 4. The number of para-hydroxylation sites is 1. The fourth-order valence-corrected chi connectivity index (χ4v) is 2.40. The third-order valence-corrected chi connectivity index (χ3v) is 3.81. The lowest BCUT2D eigenvalue weighted by Gasteiger charge is -2.35. The van der Waals surface area contributed by atoms with Gasteiger partial charge in [0, 0.05) is 39.3 Å². The normalized spacial score (nSPS) is 15.6. The van der Waals surface area contributed by atoms with Crippen LogP contribution in [-0.2, 0) is 0 Å². The van der Waals surface area contributed by atoms with Gasteiger partial charge in [0.1, 0.15) is 6.07 Å². The van der Waals surface area contributed by atoms with Crippen molar-refractivity contribution in [2.45, 2.75) is 0 Å². The van der Waals surface area contributed by atoms with Crippen LogP contribution in [0.1, 0.15) is 5.56 Å². The van der Waals surface area contributed by atoms with Crippen LogP contribution < -0.4 is 5.32 Å². The van der Waals surface area contributed by atoms with Crippen LogP contribution in [0.5, 0.6) is 0 Å². The van der Waals surface area contributed by atoms with Gasteiger partial charge in [-0.1, -0.05) is 12.1 Å². The van der Waals surface area contributed by atoms with Gasteiger partial charge in [-0.15, -0.1) is 0 Å². The number of likely N-dealkylation sites (N-methyl/N-ethyl adjacent to an activating group) is 1. The summed E-state index contributed by atoms with van der Waals surface area (Å²) in [6.07, 6.45) is 0. The van der Waals surface area contributed by atoms with Gasteiger partial charge in [-0.2, -0.15) is 5.26 Å². The lowest BCUT2D eigenvalue weighted by molar-refractivity contribution is 0.140. The van der Waals surface area contributed by atoms with E-state index in [1.807, 2.05) is 6.07 Å². The van der Waals surface area contributed by atoms with E-state index in [0.717, 1.165) is 26.2 Å². The van der Waals surface area contributed by atoms with Crippen LogP contribution >= 0.6 is 0 Å². The maximum absolute atomic E-state index is 12.3. The Morgan fingerprint density at radius 1 is 1.27 bits per heavy atom. The monoisotopic (exact) mass is 301 g/mol. The first kappa shape index (κ1) is 16.3. The molecule has 0 bridgehead atoms. The minimum Gasteiger partial charge on any atom is -0.322 e. The number of carbonyl (C=O) groups excluding carboxylic acids is 1. The number of hydrogen-bond acceptors (Lipinski definition) is 4. The molecule has 6 nitrogen and oxygen atoms in total. The number of benzene rings is 1. The van der Waals surface area contributed by atoms with E-state index in [0.29, 0.717) is 24.3 Å². The minimum absolute atomic E-state index is 0.130. The van der Waals surface area contributed by atoms with Crippen molar-refractivity contribution in [1.82, 2.24) is 14.7 Å². The average molecular weight is 301 g/mol. The quantitative estimate of drug-likeness (QED) is 0.910. The third kappa shape index (κ3) is 4.45. The van der Waals surface area contributed by atoms with Crippen molar-refractivity contribution in [3.8, 4) is 6.07 Å². The Balaban J connectivity index is 1.84. The summed E-state index contributed by atoms with van der Waals surface area (Å²) in [6.45, 7) is 5.27. The van der Waals surface area contributed by atoms with Crippen LogP contribution in [0.3, 0.4) is 0 Å². The van der Waals surface area contributed by atoms with Crippen LogP contribution in [0, 0.1) is 11.3 Å². The van der Waals surface area contributed by atoms with Gasteiger partial charge in [-0.05, 0) is 26.2 Å². The highest BCUT2D eigenvalue weighted by Gasteiger charge is 2.21. The van der Waals surface area contributed by atoms with E-state index >= 15 is 0 Å². The van der Waals surface area contributed by atoms with Crippen molar-refractivity contribution in [3.05, 3.63) is 29.8 Å². The van der Waals surface area contributed by atoms with Crippen molar-refractivity contribution >= 4 is 11.7 Å². The van der Waals surface area contributed by atoms with Crippen LogP contribution in [0.4, 0.5) is 10.5 Å². The molecule has 2 rings (SSSR count). The van der Waals surface area contributed by atoms with Crippen molar-refractivity contribution in [1.29, 1.82) is 5.26 Å². The standard InChI is InChI=1S/C16H23N5O/c1-19(2)7-8-20-9-11-21(12-10-20)16(22)18-15-6-4-3-5-14(15)13-17/h3-6H,7-12H2,1-2H3,(H,18,22). The van der Waals surface area contributed by atoms with E-state index < -0.39 is 0 Å². The Labute approximate surface area is 131 Å². The predicted molar refractivity (Wildman–Crippen MR) is 86.7 cm³/mol. The van der Waals surface area contributed by atoms with Crippen LogP contribution in [0.25, 0.3) is 0 Å². The molecule has 0 atom stereocenters. The molecule has 1 N–H and O–H groups in total. The Kier molecular flexibility index (Phi) is 5.75. The number of rotatable bonds is 4. The molecular weight excluding hydrogens is 278 g/mol. The van der Waals surface area contributed by atoms with Gasteiger partial charge in [0.2, 0.25) is 0 Å². The summed E-state index contributed by atoms with van der Waals surface area (Å²) < 4.78 is 0. The molecule has 1 saturated heterocycles. The van der Waals surface area contributed by atoms with E-state index in [1.165, 1.54) is 0 Å². The molecule has 0 saturated carbocycles. The zero-order valence-corrected chi connectivity index (χ0v) is 13.2. The van der Waals surface area contributed by atoms with Crippen molar-refractivity contribution in [3.63, 3.8) is 0 Å². The summed E-state index contributed by atoms with van der Waals surface area (Å²) in [7, 11) is 4.13. The molecular formula is C16H23N5O. The number of piperazine rings is 1. The Morgan fingerprint density at radius 3 is 2.59 bits per heavy atom. The highest BCUT2D eigenvalue weighted by Crippen LogP contribution is 2.14. The number of anilines is 1. The average Bonchev–Trinajstić information content (AvgIpc) is 2.54. The first-order chi connectivity index (χ1) is 10.6. The first-order valence-electron chi connectivity index (χ1n) is 7.52. The zero-order chi connectivity index (χ0) is 15.9. The topological polar surface area (TPSA) is 62.6 Å². The molecule has 22 heavy (non-hydrogen) atoms. The number of nitrogens with one attached hydrogen (secondary N) is 1. The summed E-state index contributed by atoms with van der Waals surface area (Å²) >= 11 is 0. The van der Waals surface area contributed by atoms with Crippen molar-refractivity contribution in [2.24, 2.45) is 0 Å². The summed E-state index contributed by atoms with van der Waals surface area (Å²) in [5.41, 5.74) is 1.06. The Bertz CT molecular complexity index is 544. The lowest BCUT2D eigenvalue weighted by atomic mass is 10.2. The second-order valence-electron chi connectivity index (χ2n) is 5.72. The molecule has 1 fully saturated rings. The molecule has 6 heteroatoms. The summed E-state index contributed by atoms with van der Waals surface area (Å²) in [4.78, 5) is 18.6. The van der Waals surface area contributed by atoms with Crippen LogP contribution in [0.15, 0.2) is 24.3 Å². The molecule has 1 aromatic carbocycles. The van der Waals surface area contributed by atoms with Gasteiger partial charge in [0.05, 0.1) is 11.3 Å². The molecule has 0 aliphatic carbocycles. The molecule has 0 radical (unpaired) electrons. The highest BCUT2D eigenvalue weighted by atomic mass is 16.2. The molecule has 0 spiro atoms. The second kappa shape index (κ2) is 7.78. The summed E-state index contributed by atoms with van der Waals surface area (Å²) in [5.74, 6) is 0. The van der Waals surface area contributed by atoms with Gasteiger partial charge in [-0.25, -0.2) is 4.79 Å². The number of urea groups is 1. The maximum Gasteiger partial charge on any atom is 0.321 e. The number of nitriles is 1. The smallest absolute Gasteiger partial charge is 0.321 e. The molecule has 1 heterocycles. The predicted octanol–water partition coefficient (Wildman–Crippen LogP) is 1.27. The SMILES string of the molecule is CN(C)CCN1CCN(C(=O)Nc2ccccc2C#N)CC1. The molecule has 1 aromatic rings. The Morgan fingerprint density at radius 2 is 1.95 bits per heavy atom. The van der Waals surface area contributed by atoms with Crippen molar-refractivity contribution < 1.29 is 4.79 Å². The molecule has 118 valence electrons. The Hall–Kier alpha value is -2.10. The van der Waals surface area contributed by atoms with Gasteiger partial charge >= 0.3 is 6.03 Å². The molecule has 1 aliphatic rings. The van der Waals surface area contributed by atoms with Crippen LogP contribution in [0.2, 0.25) is 0 Å². The summed E-state index contributed by atoms with van der Waals surface area (Å²) in [5, 5.41) is 11.9. The van der Waals surface area contributed by atoms with E-state index in [4.69, 9.17) is 5.26 Å². The van der Waals surface area contributed by atoms with Gasteiger partial charge in [-0.3, -0.25) is 4.90 Å². The number of amides is 2. The van der Waals surface area contributed by atoms with E-state index in [2.05, 4.69) is 35.3 Å². The first-order valence-corrected chi connectivity index (χ1v) is 7.52. The van der Waals surface area contributed by atoms with E-state index in [-0.39, 0.29) is 6.03 Å². The molecule has 0 unspecified atom stereocenters. The van der Waals surface area contributed by atoms with Gasteiger partial charge < -0.3 is 15.1 Å². The highest BCUT2D eigenvalue weighted by molar-refractivity contribution is 5.90. The summed E-state index contributed by atoms with van der Waals surface area (Å²) in [6, 6.07) is 9.02. The number of carbonyl (C=O) groups is 1. The molecule has 2 amide bonds. The third-order valence-electron chi connectivity index (χ3n) is 3.81. The second-order valence-corrected chi connectivity index (χ2v) is 5.72. The van der Waals surface area contributed by atoms with E-state index in [9.17, 15) is 4.79 Å². The largest absolute Gasteiger partial charge is 0.322 e. The molecule has 1 aliphatic heterocycles. The minimum atomic E-state index is -0.130.